The molecule has 2 aromatic heterocycles. The summed E-state index contributed by atoms with van der Waals surface area (Å²) in [6.07, 6.45) is 1.77. The van der Waals surface area contributed by atoms with E-state index in [0.29, 0.717) is 13.1 Å². The van der Waals surface area contributed by atoms with Gasteiger partial charge in [0.05, 0.1) is 6.54 Å². The minimum Gasteiger partial charge on any atom is -0.334 e. The molecule has 0 aromatic carbocycles. The van der Waals surface area contributed by atoms with Crippen molar-refractivity contribution >= 4 is 17.4 Å². The lowest BCUT2D eigenvalue weighted by Crippen LogP contribution is -2.34. The molecule has 5 heteroatoms. The van der Waals surface area contributed by atoms with Crippen LogP contribution in [0.4, 0.5) is 4.79 Å². The Morgan fingerprint density at radius 2 is 2.11 bits per heavy atom. The van der Waals surface area contributed by atoms with Gasteiger partial charge < -0.3 is 10.6 Å². The number of aryl methyl sites for hydroxylation is 1. The Balaban J connectivity index is 1.73. The zero-order valence-electron chi connectivity index (χ0n) is 10.1. The van der Waals surface area contributed by atoms with Crippen molar-refractivity contribution in [3.63, 3.8) is 0 Å². The lowest BCUT2D eigenvalue weighted by atomic mass is 10.2. The van der Waals surface area contributed by atoms with E-state index >= 15 is 0 Å². The van der Waals surface area contributed by atoms with Crippen LogP contribution in [0.5, 0.6) is 0 Å². The van der Waals surface area contributed by atoms with Gasteiger partial charge in [-0.25, -0.2) is 4.79 Å². The van der Waals surface area contributed by atoms with Gasteiger partial charge in [0.25, 0.3) is 0 Å². The molecule has 0 saturated heterocycles. The number of rotatable bonds is 4. The van der Waals surface area contributed by atoms with Crippen LogP contribution in [0.1, 0.15) is 16.1 Å². The molecule has 2 heterocycles. The van der Waals surface area contributed by atoms with E-state index in [2.05, 4.69) is 15.6 Å². The largest absolute Gasteiger partial charge is 0.334 e. The van der Waals surface area contributed by atoms with Gasteiger partial charge in [0.15, 0.2) is 0 Å². The van der Waals surface area contributed by atoms with Gasteiger partial charge in [-0.2, -0.15) is 0 Å². The maximum absolute atomic E-state index is 11.5. The lowest BCUT2D eigenvalue weighted by molar-refractivity contribution is 0.240. The summed E-state index contributed by atoms with van der Waals surface area (Å²) in [7, 11) is 0. The second kappa shape index (κ2) is 6.16. The van der Waals surface area contributed by atoms with Gasteiger partial charge in [0.2, 0.25) is 0 Å². The Labute approximate surface area is 110 Å². The number of aromatic nitrogens is 1. The Morgan fingerprint density at radius 1 is 1.28 bits per heavy atom. The van der Waals surface area contributed by atoms with E-state index in [4.69, 9.17) is 0 Å². The van der Waals surface area contributed by atoms with Crippen molar-refractivity contribution < 1.29 is 4.79 Å². The summed E-state index contributed by atoms with van der Waals surface area (Å²) < 4.78 is 0. The fourth-order valence-electron chi connectivity index (χ4n) is 1.43. The van der Waals surface area contributed by atoms with Gasteiger partial charge in [-0.1, -0.05) is 12.1 Å². The molecule has 0 aliphatic carbocycles. The van der Waals surface area contributed by atoms with Crippen molar-refractivity contribution in [1.82, 2.24) is 15.6 Å². The molecule has 2 N–H and O–H groups in total. The van der Waals surface area contributed by atoms with Gasteiger partial charge >= 0.3 is 6.03 Å². The normalized spacial score (nSPS) is 10.1. The second-order valence-electron chi connectivity index (χ2n) is 3.92. The smallest absolute Gasteiger partial charge is 0.315 e. The third-order valence-corrected chi connectivity index (χ3v) is 3.31. The number of nitrogens with one attached hydrogen (secondary N) is 2. The van der Waals surface area contributed by atoms with Gasteiger partial charge in [0, 0.05) is 23.3 Å². The van der Waals surface area contributed by atoms with Gasteiger partial charge in [-0.05, 0) is 30.0 Å². The van der Waals surface area contributed by atoms with Crippen LogP contribution in [0, 0.1) is 6.92 Å². The minimum absolute atomic E-state index is 0.163. The van der Waals surface area contributed by atoms with E-state index in [1.165, 1.54) is 0 Å². The van der Waals surface area contributed by atoms with Crippen molar-refractivity contribution in [2.75, 3.05) is 0 Å². The molecule has 0 saturated carbocycles. The van der Waals surface area contributed by atoms with Crippen LogP contribution in [0.25, 0.3) is 0 Å². The summed E-state index contributed by atoms with van der Waals surface area (Å²) >= 11 is 1.63. The Morgan fingerprint density at radius 3 is 2.78 bits per heavy atom. The molecule has 18 heavy (non-hydrogen) atoms. The molecular weight excluding hydrogens is 246 g/mol. The quantitative estimate of drug-likeness (QED) is 0.888. The summed E-state index contributed by atoms with van der Waals surface area (Å²) in [6, 6.07) is 7.69. The molecule has 2 amide bonds. The summed E-state index contributed by atoms with van der Waals surface area (Å²) in [5.41, 5.74) is 1.97. The first-order chi connectivity index (χ1) is 8.74. The average molecular weight is 261 g/mol. The van der Waals surface area contributed by atoms with E-state index in [0.717, 1.165) is 16.1 Å². The van der Waals surface area contributed by atoms with E-state index in [1.807, 2.05) is 36.6 Å². The number of pyridine rings is 1. The number of thiophene rings is 1. The molecule has 0 bridgehead atoms. The van der Waals surface area contributed by atoms with Crippen LogP contribution in [-0.4, -0.2) is 11.0 Å². The Hall–Kier alpha value is -1.88. The monoisotopic (exact) mass is 261 g/mol. The minimum atomic E-state index is -0.163. The zero-order valence-corrected chi connectivity index (χ0v) is 11.0. The Bertz CT molecular complexity index is 493. The molecule has 0 fully saturated rings. The number of hydrogen-bond donors (Lipinski definition) is 2. The highest BCUT2D eigenvalue weighted by Gasteiger charge is 2.01. The molecule has 0 radical (unpaired) electrons. The highest BCUT2D eigenvalue weighted by molar-refractivity contribution is 7.09. The molecule has 0 atom stereocenters. The van der Waals surface area contributed by atoms with Crippen LogP contribution in [0.2, 0.25) is 0 Å². The van der Waals surface area contributed by atoms with Crippen LogP contribution < -0.4 is 10.6 Å². The van der Waals surface area contributed by atoms with Crippen molar-refractivity contribution in [3.8, 4) is 0 Å². The number of amides is 2. The van der Waals surface area contributed by atoms with Gasteiger partial charge in [-0.3, -0.25) is 4.98 Å². The van der Waals surface area contributed by atoms with E-state index in [1.54, 1.807) is 17.5 Å². The predicted octanol–water partition coefficient (Wildman–Crippen LogP) is 2.45. The fourth-order valence-corrected chi connectivity index (χ4v) is 2.07. The zero-order chi connectivity index (χ0) is 12.8. The molecular formula is C13H15N3OS. The lowest BCUT2D eigenvalue weighted by Gasteiger charge is -2.06. The van der Waals surface area contributed by atoms with Crippen molar-refractivity contribution in [2.45, 2.75) is 20.0 Å². The maximum atomic E-state index is 11.5. The average Bonchev–Trinajstić information content (AvgIpc) is 2.89. The number of carbonyl (C=O) groups is 1. The molecule has 0 aliphatic rings. The summed E-state index contributed by atoms with van der Waals surface area (Å²) in [6.45, 7) is 2.99. The summed E-state index contributed by atoms with van der Waals surface area (Å²) in [4.78, 5) is 16.9. The van der Waals surface area contributed by atoms with Gasteiger partial charge in [0.1, 0.15) is 0 Å². The highest BCUT2D eigenvalue weighted by atomic mass is 32.1. The van der Waals surface area contributed by atoms with Crippen LogP contribution in [-0.2, 0) is 13.1 Å². The third-order valence-electron chi connectivity index (χ3n) is 2.43. The Kier molecular flexibility index (Phi) is 4.30. The van der Waals surface area contributed by atoms with Gasteiger partial charge in [-0.15, -0.1) is 11.3 Å². The molecule has 0 unspecified atom stereocenters. The molecule has 0 spiro atoms. The highest BCUT2D eigenvalue weighted by Crippen LogP contribution is 2.07. The molecule has 94 valence electrons. The number of carbonyl (C=O) groups excluding carboxylic acids is 1. The predicted molar refractivity (Wildman–Crippen MR) is 72.4 cm³/mol. The maximum Gasteiger partial charge on any atom is 0.315 e. The van der Waals surface area contributed by atoms with Crippen LogP contribution in [0.3, 0.4) is 0 Å². The van der Waals surface area contributed by atoms with E-state index < -0.39 is 0 Å². The van der Waals surface area contributed by atoms with Crippen LogP contribution in [0.15, 0.2) is 35.8 Å². The van der Waals surface area contributed by atoms with Crippen molar-refractivity contribution in [3.05, 3.63) is 52.0 Å². The fraction of sp³-hybridized carbons (Fsp3) is 0.231. The van der Waals surface area contributed by atoms with Crippen molar-refractivity contribution in [2.24, 2.45) is 0 Å². The summed E-state index contributed by atoms with van der Waals surface area (Å²) in [5, 5.41) is 7.60. The topological polar surface area (TPSA) is 54.0 Å². The number of nitrogens with zero attached hydrogens (tertiary/aromatic N) is 1. The first kappa shape index (κ1) is 12.6. The van der Waals surface area contributed by atoms with E-state index in [-0.39, 0.29) is 6.03 Å². The SMILES string of the molecule is Cc1ccc(CNC(=O)NCc2cccs2)cn1. The second-order valence-corrected chi connectivity index (χ2v) is 4.96. The summed E-state index contributed by atoms with van der Waals surface area (Å²) in [5.74, 6) is 0. The first-order valence-electron chi connectivity index (χ1n) is 5.69. The number of hydrogen-bond acceptors (Lipinski definition) is 3. The molecule has 4 nitrogen and oxygen atoms in total. The third kappa shape index (κ3) is 3.85. The standard InChI is InChI=1S/C13H15N3OS/c1-10-4-5-11(7-14-10)8-15-13(17)16-9-12-3-2-6-18-12/h2-7H,8-9H2,1H3,(H2,15,16,17). The van der Waals surface area contributed by atoms with Crippen LogP contribution >= 0.6 is 11.3 Å². The molecule has 2 rings (SSSR count). The first-order valence-corrected chi connectivity index (χ1v) is 6.57. The molecule has 0 aliphatic heterocycles. The molecule has 2 aromatic rings. The number of urea groups is 1. The van der Waals surface area contributed by atoms with E-state index in [9.17, 15) is 4.79 Å². The van der Waals surface area contributed by atoms with Crippen molar-refractivity contribution in [1.29, 1.82) is 0 Å².